The Bertz CT molecular complexity index is 379. The van der Waals surface area contributed by atoms with E-state index in [2.05, 4.69) is 6.92 Å². The number of methoxy groups -OCH3 is 1. The minimum atomic E-state index is -0.533. The second kappa shape index (κ2) is 10.1. The molecule has 1 unspecified atom stereocenters. The van der Waals surface area contributed by atoms with Gasteiger partial charge in [-0.25, -0.2) is 0 Å². The minimum absolute atomic E-state index is 0.533. The van der Waals surface area contributed by atoms with Gasteiger partial charge in [-0.2, -0.15) is 0 Å². The highest BCUT2D eigenvalue weighted by atomic mass is 35.5. The Kier molecular flexibility index (Phi) is 8.72. The molecule has 1 aromatic rings. The van der Waals surface area contributed by atoms with Gasteiger partial charge >= 0.3 is 0 Å². The molecule has 2 nitrogen and oxygen atoms in total. The van der Waals surface area contributed by atoms with Crippen LogP contribution < -0.4 is 4.74 Å². The SMILES string of the molecule is CCCCCCCCCC(O)c1c(Cl)cccc1OC. The van der Waals surface area contributed by atoms with Crippen LogP contribution in [0.3, 0.4) is 0 Å². The summed E-state index contributed by atoms with van der Waals surface area (Å²) in [4.78, 5) is 0. The summed E-state index contributed by atoms with van der Waals surface area (Å²) in [5.74, 6) is 0.674. The predicted octanol–water partition coefficient (Wildman–Crippen LogP) is 5.52. The molecule has 0 radical (unpaired) electrons. The Balaban J connectivity index is 2.34. The highest BCUT2D eigenvalue weighted by Gasteiger charge is 2.16. The number of ether oxygens (including phenoxy) is 1. The molecule has 114 valence electrons. The van der Waals surface area contributed by atoms with Gasteiger partial charge in [0.2, 0.25) is 0 Å². The first kappa shape index (κ1) is 17.3. The molecule has 0 saturated heterocycles. The molecule has 0 aliphatic heterocycles. The van der Waals surface area contributed by atoms with E-state index in [0.29, 0.717) is 10.8 Å². The van der Waals surface area contributed by atoms with Gasteiger partial charge < -0.3 is 9.84 Å². The fraction of sp³-hybridized carbons (Fsp3) is 0.647. The maximum absolute atomic E-state index is 10.3. The van der Waals surface area contributed by atoms with Crippen LogP contribution in [0.1, 0.15) is 70.0 Å². The fourth-order valence-corrected chi connectivity index (χ4v) is 2.75. The van der Waals surface area contributed by atoms with Crippen molar-refractivity contribution >= 4 is 11.6 Å². The average molecular weight is 299 g/mol. The lowest BCUT2D eigenvalue weighted by Gasteiger charge is -2.16. The van der Waals surface area contributed by atoms with E-state index >= 15 is 0 Å². The van der Waals surface area contributed by atoms with Gasteiger partial charge in [-0.15, -0.1) is 0 Å². The van der Waals surface area contributed by atoms with Crippen molar-refractivity contribution in [3.8, 4) is 5.75 Å². The van der Waals surface area contributed by atoms with E-state index < -0.39 is 6.10 Å². The zero-order valence-corrected chi connectivity index (χ0v) is 13.5. The van der Waals surface area contributed by atoms with Gasteiger partial charge in [0.05, 0.1) is 18.2 Å². The van der Waals surface area contributed by atoms with Crippen molar-refractivity contribution in [1.29, 1.82) is 0 Å². The van der Waals surface area contributed by atoms with Crippen LogP contribution in [0.15, 0.2) is 18.2 Å². The molecule has 0 heterocycles. The Labute approximate surface area is 128 Å². The summed E-state index contributed by atoms with van der Waals surface area (Å²) in [6, 6.07) is 5.48. The van der Waals surface area contributed by atoms with Crippen LogP contribution in [0.5, 0.6) is 5.75 Å². The smallest absolute Gasteiger partial charge is 0.126 e. The van der Waals surface area contributed by atoms with E-state index in [1.54, 1.807) is 13.2 Å². The molecule has 1 aromatic carbocycles. The van der Waals surface area contributed by atoms with E-state index in [0.717, 1.165) is 18.4 Å². The number of aliphatic hydroxyl groups excluding tert-OH is 1. The highest BCUT2D eigenvalue weighted by Crippen LogP contribution is 2.34. The third-order valence-corrected chi connectivity index (χ3v) is 3.98. The van der Waals surface area contributed by atoms with Crippen molar-refractivity contribution in [2.75, 3.05) is 7.11 Å². The highest BCUT2D eigenvalue weighted by molar-refractivity contribution is 6.31. The summed E-state index contributed by atoms with van der Waals surface area (Å²) >= 11 is 6.16. The maximum Gasteiger partial charge on any atom is 0.126 e. The Morgan fingerprint density at radius 1 is 1.10 bits per heavy atom. The number of unbranched alkanes of at least 4 members (excludes halogenated alkanes) is 6. The monoisotopic (exact) mass is 298 g/mol. The van der Waals surface area contributed by atoms with E-state index in [9.17, 15) is 5.11 Å². The fourth-order valence-electron chi connectivity index (χ4n) is 2.46. The van der Waals surface area contributed by atoms with E-state index in [-0.39, 0.29) is 0 Å². The van der Waals surface area contributed by atoms with Crippen LogP contribution in [0.2, 0.25) is 5.02 Å². The summed E-state index contributed by atoms with van der Waals surface area (Å²) in [6.07, 6.45) is 8.92. The molecular formula is C17H27ClO2. The second-order valence-electron chi connectivity index (χ2n) is 5.28. The number of aliphatic hydroxyl groups is 1. The molecule has 0 spiro atoms. The van der Waals surface area contributed by atoms with Crippen LogP contribution in [0.25, 0.3) is 0 Å². The number of halogens is 1. The summed E-state index contributed by atoms with van der Waals surface area (Å²) in [6.45, 7) is 2.23. The van der Waals surface area contributed by atoms with Crippen molar-refractivity contribution in [2.45, 2.75) is 64.4 Å². The Morgan fingerprint density at radius 3 is 2.40 bits per heavy atom. The van der Waals surface area contributed by atoms with Gasteiger partial charge in [0.1, 0.15) is 5.75 Å². The summed E-state index contributed by atoms with van der Waals surface area (Å²) in [7, 11) is 1.61. The molecule has 1 N–H and O–H groups in total. The predicted molar refractivity (Wildman–Crippen MR) is 85.6 cm³/mol. The van der Waals surface area contributed by atoms with Gasteiger partial charge in [0.25, 0.3) is 0 Å². The van der Waals surface area contributed by atoms with Crippen LogP contribution in [0.4, 0.5) is 0 Å². The molecule has 0 aromatic heterocycles. The van der Waals surface area contributed by atoms with E-state index in [1.807, 2.05) is 12.1 Å². The average Bonchev–Trinajstić information content (AvgIpc) is 2.45. The molecule has 3 heteroatoms. The van der Waals surface area contributed by atoms with Gasteiger partial charge in [0, 0.05) is 5.56 Å². The van der Waals surface area contributed by atoms with E-state index in [1.165, 1.54) is 38.5 Å². The van der Waals surface area contributed by atoms with Crippen LogP contribution >= 0.6 is 11.6 Å². The molecule has 1 rings (SSSR count). The number of benzene rings is 1. The van der Waals surface area contributed by atoms with E-state index in [4.69, 9.17) is 16.3 Å². The molecule has 0 bridgehead atoms. The maximum atomic E-state index is 10.3. The van der Waals surface area contributed by atoms with Crippen LogP contribution in [0, 0.1) is 0 Å². The molecule has 1 atom stereocenters. The third-order valence-electron chi connectivity index (χ3n) is 3.65. The van der Waals surface area contributed by atoms with Gasteiger partial charge in [-0.3, -0.25) is 0 Å². The first-order valence-electron chi connectivity index (χ1n) is 7.71. The zero-order chi connectivity index (χ0) is 14.8. The standard InChI is InChI=1S/C17H27ClO2/c1-3-4-5-6-7-8-9-12-15(19)17-14(18)11-10-13-16(17)20-2/h10-11,13,15,19H,3-9,12H2,1-2H3. The van der Waals surface area contributed by atoms with Crippen molar-refractivity contribution in [3.05, 3.63) is 28.8 Å². The zero-order valence-electron chi connectivity index (χ0n) is 12.7. The molecule has 0 aliphatic carbocycles. The summed E-state index contributed by atoms with van der Waals surface area (Å²) in [5.41, 5.74) is 0.725. The number of hydrogen-bond acceptors (Lipinski definition) is 2. The lowest BCUT2D eigenvalue weighted by molar-refractivity contribution is 0.159. The number of hydrogen-bond donors (Lipinski definition) is 1. The minimum Gasteiger partial charge on any atom is -0.496 e. The number of rotatable bonds is 10. The quantitative estimate of drug-likeness (QED) is 0.576. The first-order valence-corrected chi connectivity index (χ1v) is 8.09. The molecular weight excluding hydrogens is 272 g/mol. The first-order chi connectivity index (χ1) is 9.70. The normalized spacial score (nSPS) is 12.4. The molecule has 0 aliphatic rings. The van der Waals surface area contributed by atoms with Crippen molar-refractivity contribution in [1.82, 2.24) is 0 Å². The molecule has 0 fully saturated rings. The van der Waals surface area contributed by atoms with Crippen LogP contribution in [-0.4, -0.2) is 12.2 Å². The van der Waals surface area contributed by atoms with Crippen molar-refractivity contribution in [2.24, 2.45) is 0 Å². The topological polar surface area (TPSA) is 29.5 Å². The second-order valence-corrected chi connectivity index (χ2v) is 5.69. The summed E-state index contributed by atoms with van der Waals surface area (Å²) in [5, 5.41) is 10.9. The van der Waals surface area contributed by atoms with Crippen molar-refractivity contribution < 1.29 is 9.84 Å². The largest absolute Gasteiger partial charge is 0.496 e. The van der Waals surface area contributed by atoms with Gasteiger partial charge in [0.15, 0.2) is 0 Å². The Hall–Kier alpha value is -0.730. The molecule has 0 saturated carbocycles. The Morgan fingerprint density at radius 2 is 1.75 bits per heavy atom. The van der Waals surface area contributed by atoms with Crippen molar-refractivity contribution in [3.63, 3.8) is 0 Å². The van der Waals surface area contributed by atoms with Crippen LogP contribution in [-0.2, 0) is 0 Å². The van der Waals surface area contributed by atoms with Gasteiger partial charge in [-0.05, 0) is 18.6 Å². The molecule has 0 amide bonds. The lowest BCUT2D eigenvalue weighted by Crippen LogP contribution is -2.01. The van der Waals surface area contributed by atoms with Gasteiger partial charge in [-0.1, -0.05) is 69.5 Å². The molecule has 20 heavy (non-hydrogen) atoms. The third kappa shape index (κ3) is 5.72. The summed E-state index contributed by atoms with van der Waals surface area (Å²) < 4.78 is 5.27. The lowest BCUT2D eigenvalue weighted by atomic mass is 10.0.